The molecule has 4 aliphatic rings. The average molecular weight is 619 g/mol. The van der Waals surface area contributed by atoms with Crippen LogP contribution in [0.25, 0.3) is 0 Å². The number of imide groups is 1. The molecule has 4 amide bonds. The molecule has 0 saturated carbocycles. The topological polar surface area (TPSA) is 99.7 Å². The first-order chi connectivity index (χ1) is 21.1. The zero-order valence-corrected chi connectivity index (χ0v) is 26.9. The van der Waals surface area contributed by atoms with E-state index in [1.165, 1.54) is 4.90 Å². The smallest absolute Gasteiger partial charge is 0.410 e. The van der Waals surface area contributed by atoms with Crippen LogP contribution >= 0.6 is 0 Å². The average Bonchev–Trinajstić information content (AvgIpc) is 3.68. The Hall–Kier alpha value is -3.70. The molecule has 0 aliphatic carbocycles. The van der Waals surface area contributed by atoms with E-state index < -0.39 is 14.1 Å². The quantitative estimate of drug-likeness (QED) is 0.236. The highest BCUT2D eigenvalue weighted by atomic mass is 28.3. The van der Waals surface area contributed by atoms with E-state index in [2.05, 4.69) is 24.5 Å². The fourth-order valence-electron chi connectivity index (χ4n) is 6.82. The summed E-state index contributed by atoms with van der Waals surface area (Å²) >= 11 is 0. The van der Waals surface area contributed by atoms with Gasteiger partial charge in [0.25, 0.3) is 11.8 Å². The number of amides is 4. The molecule has 10 nitrogen and oxygen atoms in total. The van der Waals surface area contributed by atoms with E-state index in [4.69, 9.17) is 9.47 Å². The summed E-state index contributed by atoms with van der Waals surface area (Å²) in [5, 5.41) is 0. The van der Waals surface area contributed by atoms with E-state index in [0.29, 0.717) is 50.1 Å². The van der Waals surface area contributed by atoms with E-state index in [1.807, 2.05) is 53.4 Å². The largest absolute Gasteiger partial charge is 0.445 e. The predicted molar refractivity (Wildman–Crippen MR) is 168 cm³/mol. The van der Waals surface area contributed by atoms with Crippen LogP contribution in [0.3, 0.4) is 0 Å². The predicted octanol–water partition coefficient (Wildman–Crippen LogP) is 4.18. The number of ether oxygens (including phenoxy) is 2. The first kappa shape index (κ1) is 30.3. The second kappa shape index (κ2) is 12.4. The van der Waals surface area contributed by atoms with Crippen LogP contribution in [-0.2, 0) is 32.2 Å². The van der Waals surface area contributed by atoms with Crippen LogP contribution in [0.5, 0.6) is 0 Å². The number of fused-ring (bicyclic) bond motifs is 2. The van der Waals surface area contributed by atoms with Gasteiger partial charge in [-0.15, -0.1) is 0 Å². The molecular formula is C33H42N4O6Si. The van der Waals surface area contributed by atoms with Crippen molar-refractivity contribution < 1.29 is 28.7 Å². The van der Waals surface area contributed by atoms with Gasteiger partial charge >= 0.3 is 6.09 Å². The van der Waals surface area contributed by atoms with E-state index in [9.17, 15) is 19.2 Å². The van der Waals surface area contributed by atoms with Crippen LogP contribution in [0, 0.1) is 11.8 Å². The molecule has 4 aliphatic heterocycles. The van der Waals surface area contributed by atoms with E-state index >= 15 is 0 Å². The highest BCUT2D eigenvalue weighted by Gasteiger charge is 2.46. The first-order valence-corrected chi connectivity index (χ1v) is 19.3. The number of likely N-dealkylation sites (tertiary alicyclic amines) is 2. The molecule has 3 saturated heterocycles. The van der Waals surface area contributed by atoms with Gasteiger partial charge in [0.2, 0.25) is 5.91 Å². The third-order valence-electron chi connectivity index (χ3n) is 9.34. The number of benzene rings is 2. The summed E-state index contributed by atoms with van der Waals surface area (Å²) in [5.41, 5.74) is 3.53. The third kappa shape index (κ3) is 6.25. The van der Waals surface area contributed by atoms with Gasteiger partial charge in [-0.25, -0.2) is 4.79 Å². The van der Waals surface area contributed by atoms with Crippen molar-refractivity contribution in [3.63, 3.8) is 0 Å². The molecule has 0 radical (unpaired) electrons. The Labute approximate surface area is 259 Å². The number of anilines is 1. The summed E-state index contributed by atoms with van der Waals surface area (Å²) in [4.78, 5) is 59.4. The van der Waals surface area contributed by atoms with E-state index in [0.717, 1.165) is 35.9 Å². The van der Waals surface area contributed by atoms with Crippen LogP contribution in [0.4, 0.5) is 10.5 Å². The molecule has 0 aromatic heterocycles. The highest BCUT2D eigenvalue weighted by molar-refractivity contribution is 6.76. The monoisotopic (exact) mass is 618 g/mol. The van der Waals surface area contributed by atoms with Crippen molar-refractivity contribution in [2.45, 2.75) is 57.7 Å². The Bertz CT molecular complexity index is 1420. The molecule has 44 heavy (non-hydrogen) atoms. The van der Waals surface area contributed by atoms with E-state index in [1.54, 1.807) is 4.90 Å². The number of nitrogens with zero attached hydrogens (tertiary/aromatic N) is 4. The lowest BCUT2D eigenvalue weighted by Crippen LogP contribution is -2.55. The molecule has 4 heterocycles. The zero-order valence-electron chi connectivity index (χ0n) is 25.9. The van der Waals surface area contributed by atoms with Gasteiger partial charge in [0.15, 0.2) is 0 Å². The number of carbonyl (C=O) groups excluding carboxylic acids is 4. The van der Waals surface area contributed by atoms with Crippen LogP contribution in [-0.4, -0.2) is 92.1 Å². The lowest BCUT2D eigenvalue weighted by atomic mass is 10.0. The van der Waals surface area contributed by atoms with Gasteiger partial charge in [-0.05, 0) is 30.2 Å². The Morgan fingerprint density at radius 3 is 2.36 bits per heavy atom. The number of piperidine rings is 1. The Morgan fingerprint density at radius 1 is 0.932 bits per heavy atom. The molecule has 11 heteroatoms. The minimum atomic E-state index is -1.30. The van der Waals surface area contributed by atoms with Gasteiger partial charge in [-0.3, -0.25) is 19.3 Å². The molecule has 6 rings (SSSR count). The van der Waals surface area contributed by atoms with Gasteiger partial charge in [0, 0.05) is 82.5 Å². The summed E-state index contributed by atoms with van der Waals surface area (Å²) < 4.78 is 11.3. The summed E-state index contributed by atoms with van der Waals surface area (Å²) in [5.74, 6) is -0.119. The maximum Gasteiger partial charge on any atom is 0.410 e. The second-order valence-electron chi connectivity index (χ2n) is 13.7. The van der Waals surface area contributed by atoms with Crippen molar-refractivity contribution in [1.29, 1.82) is 0 Å². The Morgan fingerprint density at radius 2 is 1.66 bits per heavy atom. The molecule has 2 aromatic carbocycles. The standard InChI is InChI=1S/C33H42N4O6Si/c1-44(2,3)15-14-42-22-37-30(38)13-12-29(32(37)40)36-20-27-26(31(36)39)10-7-11-28(27)34-16-24-18-35(19-25(24)17-34)33(41)43-21-23-8-5-4-6-9-23/h4-11,24-25,29H,12-22H2,1-3H3/t24-,25+,29?. The summed E-state index contributed by atoms with van der Waals surface area (Å²) in [6.07, 6.45) is 0.255. The maximum absolute atomic E-state index is 13.6. The normalized spacial score (nSPS) is 23.4. The molecule has 3 fully saturated rings. The molecule has 0 bridgehead atoms. The summed E-state index contributed by atoms with van der Waals surface area (Å²) in [7, 11) is -1.30. The first-order valence-electron chi connectivity index (χ1n) is 15.6. The molecule has 2 aromatic rings. The SMILES string of the molecule is C[Si](C)(C)CCOCN1C(=O)CCC(N2Cc3c(cccc3N3C[C@H]4CN(C(=O)OCc5ccccc5)C[C@H]4C3)C2=O)C1=O. The van der Waals surface area contributed by atoms with Crippen LogP contribution < -0.4 is 4.90 Å². The molecule has 234 valence electrons. The molecular weight excluding hydrogens is 576 g/mol. The summed E-state index contributed by atoms with van der Waals surface area (Å²) in [6, 6.07) is 15.7. The minimum absolute atomic E-state index is 0.0632. The number of carbonyl (C=O) groups is 4. The summed E-state index contributed by atoms with van der Waals surface area (Å²) in [6.45, 7) is 10.7. The van der Waals surface area contributed by atoms with Crippen molar-refractivity contribution >= 4 is 37.6 Å². The maximum atomic E-state index is 13.6. The number of rotatable bonds is 9. The molecule has 3 atom stereocenters. The fraction of sp³-hybridized carbons (Fsp3) is 0.515. The van der Waals surface area contributed by atoms with Gasteiger partial charge < -0.3 is 24.2 Å². The minimum Gasteiger partial charge on any atom is -0.445 e. The van der Waals surface area contributed by atoms with Crippen molar-refractivity contribution in [1.82, 2.24) is 14.7 Å². The van der Waals surface area contributed by atoms with Crippen molar-refractivity contribution in [2.75, 3.05) is 44.4 Å². The van der Waals surface area contributed by atoms with Crippen molar-refractivity contribution in [2.24, 2.45) is 11.8 Å². The van der Waals surface area contributed by atoms with Gasteiger partial charge in [0.1, 0.15) is 19.4 Å². The Kier molecular flexibility index (Phi) is 8.52. The van der Waals surface area contributed by atoms with Gasteiger partial charge in [0.05, 0.1) is 0 Å². The van der Waals surface area contributed by atoms with Crippen LogP contribution in [0.15, 0.2) is 48.5 Å². The molecule has 0 spiro atoms. The fourth-order valence-corrected chi connectivity index (χ4v) is 7.57. The third-order valence-corrected chi connectivity index (χ3v) is 11.0. The van der Waals surface area contributed by atoms with E-state index in [-0.39, 0.29) is 43.6 Å². The van der Waals surface area contributed by atoms with Gasteiger partial charge in [-0.2, -0.15) is 0 Å². The Balaban J connectivity index is 1.07. The van der Waals surface area contributed by atoms with Crippen LogP contribution in [0.2, 0.25) is 25.7 Å². The van der Waals surface area contributed by atoms with Crippen molar-refractivity contribution in [3.8, 4) is 0 Å². The lowest BCUT2D eigenvalue weighted by molar-refractivity contribution is -0.158. The van der Waals surface area contributed by atoms with Gasteiger partial charge in [-0.1, -0.05) is 56.0 Å². The number of hydrogen-bond acceptors (Lipinski definition) is 7. The van der Waals surface area contributed by atoms with Crippen molar-refractivity contribution in [3.05, 3.63) is 65.2 Å². The lowest BCUT2D eigenvalue weighted by Gasteiger charge is -2.35. The second-order valence-corrected chi connectivity index (χ2v) is 19.3. The molecule has 1 unspecified atom stereocenters. The number of hydrogen-bond donors (Lipinski definition) is 0. The zero-order chi connectivity index (χ0) is 31.0. The molecule has 0 N–H and O–H groups in total. The highest BCUT2D eigenvalue weighted by Crippen LogP contribution is 2.40. The van der Waals surface area contributed by atoms with Crippen LogP contribution in [0.1, 0.15) is 34.3 Å².